The number of hydrogen-bond donors (Lipinski definition) is 4. The van der Waals surface area contributed by atoms with Gasteiger partial charge in [0, 0.05) is 17.2 Å². The molecule has 0 aliphatic rings. The van der Waals surface area contributed by atoms with Crippen LogP contribution in [0.1, 0.15) is 11.1 Å². The van der Waals surface area contributed by atoms with Crippen molar-refractivity contribution in [2.45, 2.75) is 24.9 Å². The number of carbonyl (C=O) groups is 2. The SMILES string of the molecule is NC(Cc1ccccc1N=Nc1ccc(-c2c(CC(N)C(=O)O)ccc3c(=O)c23)cc1)C(=O)O. The monoisotopic (exact) mass is 458 g/mol. The van der Waals surface area contributed by atoms with E-state index in [0.717, 1.165) is 5.56 Å². The van der Waals surface area contributed by atoms with Crippen LogP contribution in [0.25, 0.3) is 21.9 Å². The molecule has 4 aromatic carbocycles. The van der Waals surface area contributed by atoms with E-state index >= 15 is 0 Å². The molecule has 9 heteroatoms. The molecule has 4 rings (SSSR count). The van der Waals surface area contributed by atoms with Gasteiger partial charge in [0.2, 0.25) is 0 Å². The van der Waals surface area contributed by atoms with Crippen molar-refractivity contribution in [2.75, 3.05) is 0 Å². The number of aliphatic carboxylic acids is 2. The van der Waals surface area contributed by atoms with Crippen molar-refractivity contribution in [3.05, 3.63) is 82.0 Å². The van der Waals surface area contributed by atoms with Gasteiger partial charge < -0.3 is 21.7 Å². The first-order valence-corrected chi connectivity index (χ1v) is 10.5. The fraction of sp³-hybridized carbons (Fsp3) is 0.160. The summed E-state index contributed by atoms with van der Waals surface area (Å²) >= 11 is 0. The van der Waals surface area contributed by atoms with Gasteiger partial charge in [0.15, 0.2) is 5.43 Å². The Labute approximate surface area is 194 Å². The largest absolute Gasteiger partial charge is 0.480 e. The first-order chi connectivity index (χ1) is 16.3. The number of benzene rings is 3. The maximum absolute atomic E-state index is 12.2. The minimum Gasteiger partial charge on any atom is -0.480 e. The molecule has 4 aromatic rings. The fourth-order valence-electron chi connectivity index (χ4n) is 3.75. The number of hydrogen-bond acceptors (Lipinski definition) is 7. The summed E-state index contributed by atoms with van der Waals surface area (Å²) in [7, 11) is 0. The van der Waals surface area contributed by atoms with Gasteiger partial charge in [-0.15, -0.1) is 0 Å². The zero-order valence-corrected chi connectivity index (χ0v) is 18.0. The Kier molecular flexibility index (Phi) is 6.31. The molecule has 2 atom stereocenters. The van der Waals surface area contributed by atoms with Crippen LogP contribution in [0.4, 0.5) is 11.4 Å². The highest BCUT2D eigenvalue weighted by molar-refractivity contribution is 6.09. The molecule has 0 saturated heterocycles. The molecule has 0 bridgehead atoms. The van der Waals surface area contributed by atoms with Crippen LogP contribution in [-0.2, 0) is 22.4 Å². The fourth-order valence-corrected chi connectivity index (χ4v) is 3.75. The lowest BCUT2D eigenvalue weighted by Gasteiger charge is -2.11. The number of nitrogens with two attached hydrogens (primary N) is 2. The van der Waals surface area contributed by atoms with Crippen LogP contribution in [0.15, 0.2) is 75.7 Å². The summed E-state index contributed by atoms with van der Waals surface area (Å²) in [5.41, 5.74) is 15.2. The maximum Gasteiger partial charge on any atom is 0.320 e. The molecule has 2 unspecified atom stereocenters. The predicted molar refractivity (Wildman–Crippen MR) is 127 cm³/mol. The topological polar surface area (TPSA) is 168 Å². The number of nitrogens with zero attached hydrogens (tertiary/aromatic N) is 2. The van der Waals surface area contributed by atoms with E-state index in [2.05, 4.69) is 10.2 Å². The molecule has 0 fully saturated rings. The summed E-state index contributed by atoms with van der Waals surface area (Å²) in [5, 5.41) is 27.9. The van der Waals surface area contributed by atoms with Crippen molar-refractivity contribution in [3.63, 3.8) is 0 Å². The first kappa shape index (κ1) is 23.0. The first-order valence-electron chi connectivity index (χ1n) is 10.5. The molecule has 0 saturated carbocycles. The van der Waals surface area contributed by atoms with Gasteiger partial charge in [0.1, 0.15) is 12.1 Å². The van der Waals surface area contributed by atoms with Gasteiger partial charge in [-0.1, -0.05) is 36.4 Å². The Morgan fingerprint density at radius 1 is 0.794 bits per heavy atom. The highest BCUT2D eigenvalue weighted by Gasteiger charge is 2.23. The van der Waals surface area contributed by atoms with Crippen LogP contribution in [-0.4, -0.2) is 34.2 Å². The average molecular weight is 458 g/mol. The Hall–Kier alpha value is -4.21. The Bertz CT molecular complexity index is 1420. The summed E-state index contributed by atoms with van der Waals surface area (Å²) in [6, 6.07) is 15.4. The van der Waals surface area contributed by atoms with Crippen molar-refractivity contribution >= 4 is 34.1 Å². The van der Waals surface area contributed by atoms with E-state index in [1.807, 2.05) is 0 Å². The van der Waals surface area contributed by atoms with E-state index in [1.165, 1.54) is 0 Å². The summed E-state index contributed by atoms with van der Waals surface area (Å²) in [6.07, 6.45) is 0.222. The van der Waals surface area contributed by atoms with Crippen LogP contribution < -0.4 is 16.9 Å². The Balaban J connectivity index is 1.59. The smallest absolute Gasteiger partial charge is 0.320 e. The van der Waals surface area contributed by atoms with Gasteiger partial charge in [0.25, 0.3) is 0 Å². The van der Waals surface area contributed by atoms with Gasteiger partial charge in [-0.25, -0.2) is 0 Å². The third-order valence-corrected chi connectivity index (χ3v) is 5.64. The Morgan fingerprint density at radius 3 is 2.06 bits per heavy atom. The van der Waals surface area contributed by atoms with Crippen LogP contribution >= 0.6 is 0 Å². The number of azo groups is 1. The molecule has 0 spiro atoms. The molecular formula is C25H22N4O5. The molecule has 0 heterocycles. The third kappa shape index (κ3) is 4.75. The summed E-state index contributed by atoms with van der Waals surface area (Å²) in [6.45, 7) is 0. The molecule has 0 radical (unpaired) electrons. The lowest BCUT2D eigenvalue weighted by Crippen LogP contribution is -2.32. The zero-order chi connectivity index (χ0) is 24.4. The zero-order valence-electron chi connectivity index (χ0n) is 18.0. The number of carboxylic acid groups (broad SMARTS) is 2. The quantitative estimate of drug-likeness (QED) is 0.279. The van der Waals surface area contributed by atoms with Gasteiger partial charge in [0.05, 0.1) is 11.4 Å². The molecule has 0 aromatic heterocycles. The summed E-state index contributed by atoms with van der Waals surface area (Å²) in [5.74, 6) is -2.20. The second-order valence-electron chi connectivity index (χ2n) is 8.02. The second kappa shape index (κ2) is 9.34. The van der Waals surface area contributed by atoms with Crippen LogP contribution in [0.3, 0.4) is 0 Å². The molecular weight excluding hydrogens is 436 g/mol. The van der Waals surface area contributed by atoms with E-state index in [9.17, 15) is 19.5 Å². The van der Waals surface area contributed by atoms with Gasteiger partial charge in [-0.3, -0.25) is 14.4 Å². The number of rotatable bonds is 9. The summed E-state index contributed by atoms with van der Waals surface area (Å²) < 4.78 is 0. The van der Waals surface area contributed by atoms with E-state index in [1.54, 1.807) is 60.7 Å². The Morgan fingerprint density at radius 2 is 1.41 bits per heavy atom. The van der Waals surface area contributed by atoms with E-state index in [-0.39, 0.29) is 18.3 Å². The maximum atomic E-state index is 12.2. The van der Waals surface area contributed by atoms with E-state index in [4.69, 9.17) is 16.6 Å². The van der Waals surface area contributed by atoms with Gasteiger partial charge in [-0.2, -0.15) is 10.2 Å². The van der Waals surface area contributed by atoms with E-state index in [0.29, 0.717) is 38.8 Å². The van der Waals surface area contributed by atoms with Gasteiger partial charge in [-0.05, 0) is 52.9 Å². The highest BCUT2D eigenvalue weighted by atomic mass is 16.4. The van der Waals surface area contributed by atoms with Crippen LogP contribution in [0, 0.1) is 0 Å². The lowest BCUT2D eigenvalue weighted by molar-refractivity contribution is -0.139. The third-order valence-electron chi connectivity index (χ3n) is 5.64. The highest BCUT2D eigenvalue weighted by Crippen LogP contribution is 2.35. The van der Waals surface area contributed by atoms with Crippen molar-refractivity contribution < 1.29 is 19.8 Å². The minimum absolute atomic E-state index is 0.0508. The molecule has 6 N–H and O–H groups in total. The normalized spacial score (nSPS) is 13.5. The van der Waals surface area contributed by atoms with Crippen LogP contribution in [0.2, 0.25) is 0 Å². The molecule has 0 amide bonds. The van der Waals surface area contributed by atoms with Crippen molar-refractivity contribution in [3.8, 4) is 11.1 Å². The second-order valence-corrected chi connectivity index (χ2v) is 8.02. The van der Waals surface area contributed by atoms with Crippen LogP contribution in [0.5, 0.6) is 0 Å². The molecule has 172 valence electrons. The lowest BCUT2D eigenvalue weighted by atomic mass is 9.95. The summed E-state index contributed by atoms with van der Waals surface area (Å²) in [4.78, 5) is 34.4. The molecule has 0 aliphatic carbocycles. The van der Waals surface area contributed by atoms with E-state index < -0.39 is 24.0 Å². The van der Waals surface area contributed by atoms with Crippen molar-refractivity contribution in [1.29, 1.82) is 0 Å². The molecule has 34 heavy (non-hydrogen) atoms. The van der Waals surface area contributed by atoms with Crippen molar-refractivity contribution in [2.24, 2.45) is 21.7 Å². The number of carboxylic acids is 2. The predicted octanol–water partition coefficient (Wildman–Crippen LogP) is 3.07. The minimum atomic E-state index is -1.11. The number of fused-ring (bicyclic) bond motifs is 1. The van der Waals surface area contributed by atoms with Gasteiger partial charge >= 0.3 is 11.9 Å². The standard InChI is InChI=1S/C25H22N4O5/c26-18(24(31)32)11-14-3-1-2-4-20(14)29-28-16-8-5-13(6-9-16)21-15(12-19(27)25(33)34)7-10-17-22(21)23(17)30/h1-10,18-19H,11-12,26-27H2,(H,31,32)(H,33,34). The molecule has 9 nitrogen and oxygen atoms in total. The van der Waals surface area contributed by atoms with Crippen molar-refractivity contribution in [1.82, 2.24) is 0 Å². The average Bonchev–Trinajstić information content (AvgIpc) is 3.48. The molecule has 0 aliphatic heterocycles.